The van der Waals surface area contributed by atoms with Crippen molar-refractivity contribution in [1.82, 2.24) is 55.7 Å². The first-order valence-electron chi connectivity index (χ1n) is 40.2. The molecule has 2 aromatic heterocycles. The van der Waals surface area contributed by atoms with Crippen LogP contribution < -0.4 is 21.3 Å². The van der Waals surface area contributed by atoms with Gasteiger partial charge in [-0.15, -0.1) is 22.7 Å². The summed E-state index contributed by atoms with van der Waals surface area (Å²) in [5.74, 6) is -3.17. The molecule has 13 rings (SSSR count). The van der Waals surface area contributed by atoms with E-state index < -0.39 is 94.6 Å². The Morgan fingerprint density at radius 1 is 0.585 bits per heavy atom. The number of aryl methyl sites for hydroxylation is 3. The van der Waals surface area contributed by atoms with Crippen molar-refractivity contribution in [2.45, 2.75) is 227 Å². The summed E-state index contributed by atoms with van der Waals surface area (Å²) < 4.78 is 10.3. The second-order valence-electron chi connectivity index (χ2n) is 34.6. The maximum atomic E-state index is 14.1. The molecule has 8 N–H and O–H groups in total. The van der Waals surface area contributed by atoms with Crippen molar-refractivity contribution in [2.75, 3.05) is 32.8 Å². The third kappa shape index (κ3) is 20.4. The minimum absolute atomic E-state index is 0.0338. The number of aliphatic hydroxyl groups excluding tert-OH is 3. The maximum absolute atomic E-state index is 14.1. The summed E-state index contributed by atoms with van der Waals surface area (Å²) in [5.41, 5.74) is 10.7. The maximum Gasteiger partial charge on any atom is 0.408 e. The summed E-state index contributed by atoms with van der Waals surface area (Å²) in [7, 11) is 0. The predicted molar refractivity (Wildman–Crippen MR) is 446 cm³/mol. The van der Waals surface area contributed by atoms with Crippen LogP contribution in [0, 0.1) is 31.1 Å². The summed E-state index contributed by atoms with van der Waals surface area (Å²) >= 11 is 3.17. The monoisotopic (exact) mass is 1650 g/mol. The Kier molecular flexibility index (Phi) is 27.8. The van der Waals surface area contributed by atoms with Gasteiger partial charge in [-0.1, -0.05) is 158 Å². The number of amides is 9. The standard InChI is InChI=1S/C31H35N3O4S.C30H43N5O6S.C28H33N3O6/c1-19(2)27(33-16-23-7-5-6-8-25(23)29(33)37)30(38)34-17-24(35)15-31(34,4)26(36)14-11-21-9-12-22(13-10-21)28-20(3)32-18-39-28;1-17-23(42-16-32-17)20-11-9-19(10-12-20)14-31-26(38)22-13-21(36)15-35(22)27(39)24(29(3,4)5)34-25(37)18(2)33-28(40)41-30(6,7)8;1-17(2)24(31-13-19-5-3-4-6-22(19)26(31)34)27(35)30-14-21(32)11-23(30)25(33)29-12-18-7-9-20(10-8-18)28(36)15-37-16-28/h5-10,12-13,18-19,24,27,35H,11,14-17H2,1-4H3;9-12,16,18,21-22,24,36H,13-15H2,1-8H3,(H,31,38)(H,33,40)(H,34,37);3-10,17,21,23-24,32,36H,11-16H2,1-2H3,(H,29,33)/t24-,27+,31?;18-,21+,22-,24+;21-,23+,24+/m101/s1. The number of Topliss-reactive ketones (excluding diaryl/α,β-unsaturated/α-hetero) is 1. The van der Waals surface area contributed by atoms with Crippen LogP contribution in [0.1, 0.15) is 174 Å². The lowest BCUT2D eigenvalue weighted by Crippen LogP contribution is -2.60. The molecule has 4 saturated heterocycles. The van der Waals surface area contributed by atoms with Crippen molar-refractivity contribution in [3.63, 3.8) is 0 Å². The minimum atomic E-state index is -1.13. The number of carbonyl (C=O) groups is 10. The van der Waals surface area contributed by atoms with Gasteiger partial charge in [-0.3, -0.25) is 43.2 Å². The highest BCUT2D eigenvalue weighted by atomic mass is 32.1. The Morgan fingerprint density at radius 3 is 1.46 bits per heavy atom. The van der Waals surface area contributed by atoms with Gasteiger partial charge in [0.15, 0.2) is 5.78 Å². The number of ether oxygens (including phenoxy) is 2. The zero-order valence-electron chi connectivity index (χ0n) is 69.6. The van der Waals surface area contributed by atoms with Crippen molar-refractivity contribution in [2.24, 2.45) is 17.3 Å². The number of carbonyl (C=O) groups excluding carboxylic acids is 10. The minimum Gasteiger partial charge on any atom is -0.444 e. The summed E-state index contributed by atoms with van der Waals surface area (Å²) in [6.45, 7) is 27.2. The molecular formula is C89H111N11O16S2. The molecule has 0 spiro atoms. The average Bonchev–Trinajstić information content (AvgIpc) is 1.62. The first-order valence-corrected chi connectivity index (χ1v) is 42.0. The van der Waals surface area contributed by atoms with E-state index in [1.54, 1.807) is 105 Å². The van der Waals surface area contributed by atoms with E-state index >= 15 is 0 Å². The molecule has 0 aliphatic carbocycles. The lowest BCUT2D eigenvalue weighted by Gasteiger charge is -2.39. The molecule has 27 nitrogen and oxygen atoms in total. The van der Waals surface area contributed by atoms with Crippen LogP contribution in [0.15, 0.2) is 132 Å². The van der Waals surface area contributed by atoms with Crippen LogP contribution in [-0.2, 0) is 81.2 Å². The molecule has 6 aliphatic rings. The SMILES string of the molecule is CC(C)[C@@H](C(=O)N1C[C@H](O)C[C@H]1C(=O)NCc1ccc(C2(O)COC2)cc1)N1Cc2ccccc2C1=O.Cc1ncsc1-c1ccc(CCC(=O)C2(C)C[C@@H](O)CN2C(=O)[C@H](C(C)C)N2Cc3ccccc3C2=O)cc1.Cc1ncsc1-c1ccc(CNC(=O)[C@@H]2C[C@@H](O)CN2C(=O)[C@@H](NC(=O)[C@H](C)NC(=O)OC(C)(C)C)C(C)(C)C)cc1. The molecule has 118 heavy (non-hydrogen) atoms. The molecule has 7 aromatic rings. The van der Waals surface area contributed by atoms with E-state index in [9.17, 15) is 68.4 Å². The van der Waals surface area contributed by atoms with E-state index in [1.165, 1.54) is 21.6 Å². The van der Waals surface area contributed by atoms with Gasteiger partial charge in [-0.05, 0) is 129 Å². The molecular weight excluding hydrogens is 1540 g/mol. The predicted octanol–water partition coefficient (Wildman–Crippen LogP) is 8.96. The fourth-order valence-electron chi connectivity index (χ4n) is 16.1. The lowest BCUT2D eigenvalue weighted by atomic mass is 9.85. The van der Waals surface area contributed by atoms with Crippen LogP contribution in [0.25, 0.3) is 20.9 Å². The van der Waals surface area contributed by atoms with Gasteiger partial charge < -0.3 is 75.7 Å². The van der Waals surface area contributed by atoms with Crippen LogP contribution in [-0.4, -0.2) is 213 Å². The molecule has 630 valence electrons. The zero-order valence-corrected chi connectivity index (χ0v) is 71.2. The molecule has 5 aromatic carbocycles. The Morgan fingerprint density at radius 2 is 1.03 bits per heavy atom. The second-order valence-corrected chi connectivity index (χ2v) is 36.3. The second kappa shape index (κ2) is 37.0. The summed E-state index contributed by atoms with van der Waals surface area (Å²) in [6.07, 6.45) is -2.01. The third-order valence-electron chi connectivity index (χ3n) is 22.6. The van der Waals surface area contributed by atoms with E-state index in [-0.39, 0.29) is 125 Å². The van der Waals surface area contributed by atoms with Crippen LogP contribution in [0.3, 0.4) is 0 Å². The first kappa shape index (κ1) is 88.7. The number of fused-ring (bicyclic) bond motifs is 2. The number of hydrogen-bond acceptors (Lipinski definition) is 20. The molecule has 0 bridgehead atoms. The smallest absolute Gasteiger partial charge is 0.408 e. The highest BCUT2D eigenvalue weighted by Crippen LogP contribution is 2.39. The molecule has 0 radical (unpaired) electrons. The number of ketones is 1. The highest BCUT2D eigenvalue weighted by Gasteiger charge is 2.53. The molecule has 1 unspecified atom stereocenters. The third-order valence-corrected chi connectivity index (χ3v) is 24.5. The Bertz CT molecular complexity index is 4820. The van der Waals surface area contributed by atoms with E-state index in [1.807, 2.05) is 138 Å². The quantitative estimate of drug-likeness (QED) is 0.0296. The molecule has 4 fully saturated rings. The van der Waals surface area contributed by atoms with Crippen molar-refractivity contribution >= 4 is 81.8 Å². The Labute approximate surface area is 697 Å². The number of likely N-dealkylation sites (tertiary alicyclic amines) is 3. The fraction of sp³-hybridized carbons (Fsp3) is 0.483. The van der Waals surface area contributed by atoms with E-state index in [2.05, 4.69) is 43.4 Å². The number of thiazole rings is 2. The van der Waals surface area contributed by atoms with Gasteiger partial charge in [0.25, 0.3) is 11.8 Å². The van der Waals surface area contributed by atoms with E-state index in [0.717, 1.165) is 65.6 Å². The van der Waals surface area contributed by atoms with Gasteiger partial charge in [-0.2, -0.15) is 0 Å². The number of aromatic nitrogens is 2. The van der Waals surface area contributed by atoms with Gasteiger partial charge in [-0.25, -0.2) is 14.8 Å². The first-order chi connectivity index (χ1) is 55.7. The van der Waals surface area contributed by atoms with E-state index in [4.69, 9.17) is 9.47 Å². The number of benzene rings is 5. The Balaban J connectivity index is 0.000000174. The Hall–Kier alpha value is -10.1. The molecule has 6 aliphatic heterocycles. The number of hydrogen-bond donors (Lipinski definition) is 8. The number of aliphatic hydroxyl groups is 4. The van der Waals surface area contributed by atoms with Gasteiger partial charge in [0, 0.05) is 82.6 Å². The number of rotatable bonds is 23. The van der Waals surface area contributed by atoms with E-state index in [0.29, 0.717) is 30.6 Å². The van der Waals surface area contributed by atoms with Gasteiger partial charge in [0.2, 0.25) is 35.4 Å². The zero-order chi connectivity index (χ0) is 85.6. The summed E-state index contributed by atoms with van der Waals surface area (Å²) in [5, 5.41) is 52.8. The van der Waals surface area contributed by atoms with Crippen molar-refractivity contribution < 1.29 is 77.8 Å². The molecule has 9 amide bonds. The normalized spacial score (nSPS) is 21.0. The highest BCUT2D eigenvalue weighted by molar-refractivity contribution is 7.13. The van der Waals surface area contributed by atoms with Crippen LogP contribution in [0.5, 0.6) is 0 Å². The van der Waals surface area contributed by atoms with Gasteiger partial charge >= 0.3 is 6.09 Å². The van der Waals surface area contributed by atoms with Crippen LogP contribution >= 0.6 is 22.7 Å². The largest absolute Gasteiger partial charge is 0.444 e. The fourth-order valence-corrected chi connectivity index (χ4v) is 17.7. The average molecular weight is 1660 g/mol. The summed E-state index contributed by atoms with van der Waals surface area (Å²) in [4.78, 5) is 151. The number of nitrogens with zero attached hydrogens (tertiary/aromatic N) is 7. The van der Waals surface area contributed by atoms with Crippen LogP contribution in [0.2, 0.25) is 0 Å². The topological polar surface area (TPSA) is 360 Å². The number of β-amino-alcohol motifs (C(OH)–C–C–N with tert-alkyl or cyclic N) is 3. The van der Waals surface area contributed by atoms with Gasteiger partial charge in [0.05, 0.1) is 63.7 Å². The number of alkyl carbamates (subject to hydrolysis) is 1. The van der Waals surface area contributed by atoms with Crippen LogP contribution in [0.4, 0.5) is 4.79 Å². The van der Waals surface area contributed by atoms with Crippen molar-refractivity contribution in [1.29, 1.82) is 0 Å². The lowest BCUT2D eigenvalue weighted by molar-refractivity contribution is -0.184. The number of nitrogens with one attached hydrogen (secondary N) is 4. The summed E-state index contributed by atoms with van der Waals surface area (Å²) in [6, 6.07) is 32.9. The molecule has 8 heterocycles. The van der Waals surface area contributed by atoms with Crippen molar-refractivity contribution in [3.8, 4) is 20.9 Å². The molecule has 10 atom stereocenters. The molecule has 0 saturated carbocycles. The van der Waals surface area contributed by atoms with Gasteiger partial charge in [0.1, 0.15) is 53.0 Å². The van der Waals surface area contributed by atoms with Crippen molar-refractivity contribution in [3.05, 3.63) is 188 Å². The molecule has 29 heteroatoms.